The van der Waals surface area contributed by atoms with Gasteiger partial charge in [-0.2, -0.15) is 5.10 Å². The summed E-state index contributed by atoms with van der Waals surface area (Å²) in [4.78, 5) is 0. The molecule has 2 N–H and O–H groups in total. The number of nitrogens with two attached hydrogens (primary N) is 1. The number of halogens is 2. The lowest BCUT2D eigenvalue weighted by atomic mass is 10.1. The summed E-state index contributed by atoms with van der Waals surface area (Å²) in [5.74, 6) is -0.260. The Labute approximate surface area is 139 Å². The van der Waals surface area contributed by atoms with E-state index in [0.717, 1.165) is 28.2 Å². The molecule has 23 heavy (non-hydrogen) atoms. The lowest BCUT2D eigenvalue weighted by Crippen LogP contribution is -2.05. The first-order valence-electron chi connectivity index (χ1n) is 7.40. The number of benzene rings is 2. The van der Waals surface area contributed by atoms with Crippen molar-refractivity contribution < 1.29 is 4.39 Å². The summed E-state index contributed by atoms with van der Waals surface area (Å²) in [6.07, 6.45) is 0.688. The van der Waals surface area contributed by atoms with E-state index in [-0.39, 0.29) is 5.82 Å². The van der Waals surface area contributed by atoms with Crippen molar-refractivity contribution in [2.24, 2.45) is 5.73 Å². The summed E-state index contributed by atoms with van der Waals surface area (Å²) in [5, 5.41) is 5.34. The fourth-order valence-electron chi connectivity index (χ4n) is 2.57. The van der Waals surface area contributed by atoms with E-state index in [0.29, 0.717) is 18.0 Å². The third kappa shape index (κ3) is 3.28. The first-order chi connectivity index (χ1) is 11.1. The zero-order valence-electron chi connectivity index (χ0n) is 12.8. The number of hydrogen-bond donors (Lipinski definition) is 1. The average molecular weight is 330 g/mol. The predicted molar refractivity (Wildman–Crippen MR) is 91.5 cm³/mol. The monoisotopic (exact) mass is 329 g/mol. The van der Waals surface area contributed by atoms with E-state index >= 15 is 0 Å². The molecular formula is C18H17ClFN3. The van der Waals surface area contributed by atoms with Crippen LogP contribution >= 0.6 is 11.6 Å². The molecule has 5 heteroatoms. The second-order valence-corrected chi connectivity index (χ2v) is 5.85. The van der Waals surface area contributed by atoms with Gasteiger partial charge in [0.15, 0.2) is 0 Å². The van der Waals surface area contributed by atoms with Crippen LogP contribution in [0.3, 0.4) is 0 Å². The zero-order valence-corrected chi connectivity index (χ0v) is 13.5. The van der Waals surface area contributed by atoms with Gasteiger partial charge in [-0.15, -0.1) is 0 Å². The maximum Gasteiger partial charge on any atom is 0.123 e. The maximum atomic E-state index is 13.2. The van der Waals surface area contributed by atoms with E-state index in [1.807, 2.05) is 35.9 Å². The minimum Gasteiger partial charge on any atom is -0.330 e. The highest BCUT2D eigenvalue weighted by atomic mass is 35.5. The second kappa shape index (κ2) is 6.52. The third-order valence-corrected chi connectivity index (χ3v) is 3.92. The van der Waals surface area contributed by atoms with Crippen molar-refractivity contribution in [3.05, 3.63) is 70.6 Å². The lowest BCUT2D eigenvalue weighted by Gasteiger charge is -2.11. The molecule has 0 radical (unpaired) electrons. The largest absolute Gasteiger partial charge is 0.330 e. The van der Waals surface area contributed by atoms with Crippen LogP contribution in [0.25, 0.3) is 16.9 Å². The summed E-state index contributed by atoms with van der Waals surface area (Å²) in [7, 11) is 0. The molecule has 1 heterocycles. The van der Waals surface area contributed by atoms with Crippen LogP contribution in [0.2, 0.25) is 5.02 Å². The highest BCUT2D eigenvalue weighted by Gasteiger charge is 2.13. The Morgan fingerprint density at radius 1 is 1.13 bits per heavy atom. The smallest absolute Gasteiger partial charge is 0.123 e. The number of rotatable bonds is 4. The standard InChI is InChI=1S/C18H17ClFN3/c1-12-10-14(19)4-7-17(12)23-18(11-16(22-23)8-9-21)13-2-5-15(20)6-3-13/h2-7,10-11H,8-9,21H2,1H3. The summed E-state index contributed by atoms with van der Waals surface area (Å²) >= 11 is 6.05. The van der Waals surface area contributed by atoms with Crippen LogP contribution in [0.1, 0.15) is 11.3 Å². The molecule has 118 valence electrons. The molecule has 0 spiro atoms. The molecule has 0 bridgehead atoms. The van der Waals surface area contributed by atoms with Crippen LogP contribution in [0.4, 0.5) is 4.39 Å². The van der Waals surface area contributed by atoms with Gasteiger partial charge >= 0.3 is 0 Å². The minimum atomic E-state index is -0.260. The third-order valence-electron chi connectivity index (χ3n) is 3.69. The molecule has 0 aliphatic carbocycles. The fourth-order valence-corrected chi connectivity index (χ4v) is 2.79. The van der Waals surface area contributed by atoms with E-state index in [1.54, 1.807) is 12.1 Å². The van der Waals surface area contributed by atoms with Crippen LogP contribution in [0.15, 0.2) is 48.5 Å². The van der Waals surface area contributed by atoms with E-state index in [9.17, 15) is 4.39 Å². The first-order valence-corrected chi connectivity index (χ1v) is 7.78. The Balaban J connectivity index is 2.16. The van der Waals surface area contributed by atoms with Gasteiger partial charge in [0, 0.05) is 17.0 Å². The molecule has 0 saturated carbocycles. The SMILES string of the molecule is Cc1cc(Cl)ccc1-n1nc(CCN)cc1-c1ccc(F)cc1. The molecule has 0 saturated heterocycles. The number of aryl methyl sites for hydroxylation is 1. The Morgan fingerprint density at radius 2 is 1.87 bits per heavy atom. The van der Waals surface area contributed by atoms with E-state index in [2.05, 4.69) is 5.10 Å². The van der Waals surface area contributed by atoms with Gasteiger partial charge in [0.05, 0.1) is 17.1 Å². The van der Waals surface area contributed by atoms with E-state index in [4.69, 9.17) is 17.3 Å². The molecule has 0 atom stereocenters. The molecule has 0 aliphatic heterocycles. The van der Waals surface area contributed by atoms with Gasteiger partial charge in [0.1, 0.15) is 5.82 Å². The van der Waals surface area contributed by atoms with E-state index in [1.165, 1.54) is 12.1 Å². The molecule has 3 aromatic rings. The van der Waals surface area contributed by atoms with Crippen LogP contribution in [0, 0.1) is 12.7 Å². The first kappa shape index (κ1) is 15.7. The van der Waals surface area contributed by atoms with Crippen LogP contribution < -0.4 is 5.73 Å². The van der Waals surface area contributed by atoms with Gasteiger partial charge < -0.3 is 5.73 Å². The minimum absolute atomic E-state index is 0.260. The Kier molecular flexibility index (Phi) is 4.46. The summed E-state index contributed by atoms with van der Waals surface area (Å²) in [5.41, 5.74) is 10.3. The summed E-state index contributed by atoms with van der Waals surface area (Å²) < 4.78 is 15.1. The highest BCUT2D eigenvalue weighted by Crippen LogP contribution is 2.27. The normalized spacial score (nSPS) is 11.0. The van der Waals surface area contributed by atoms with Gasteiger partial charge in [-0.1, -0.05) is 11.6 Å². The lowest BCUT2D eigenvalue weighted by molar-refractivity contribution is 0.628. The molecular weight excluding hydrogens is 313 g/mol. The van der Waals surface area contributed by atoms with Crippen LogP contribution in [-0.4, -0.2) is 16.3 Å². The van der Waals surface area contributed by atoms with Crippen molar-refractivity contribution >= 4 is 11.6 Å². The van der Waals surface area contributed by atoms with Crippen molar-refractivity contribution in [1.82, 2.24) is 9.78 Å². The van der Waals surface area contributed by atoms with Gasteiger partial charge in [0.25, 0.3) is 0 Å². The van der Waals surface area contributed by atoms with Crippen molar-refractivity contribution in [2.75, 3.05) is 6.54 Å². The van der Waals surface area contributed by atoms with Gasteiger partial charge in [-0.05, 0) is 67.6 Å². The Hall–Kier alpha value is -2.17. The van der Waals surface area contributed by atoms with Crippen molar-refractivity contribution in [3.63, 3.8) is 0 Å². The van der Waals surface area contributed by atoms with Crippen LogP contribution in [-0.2, 0) is 6.42 Å². The number of hydrogen-bond acceptors (Lipinski definition) is 2. The van der Waals surface area contributed by atoms with Crippen LogP contribution in [0.5, 0.6) is 0 Å². The molecule has 3 nitrogen and oxygen atoms in total. The molecule has 1 aromatic heterocycles. The second-order valence-electron chi connectivity index (χ2n) is 5.41. The van der Waals surface area contributed by atoms with Crippen molar-refractivity contribution in [2.45, 2.75) is 13.3 Å². The summed E-state index contributed by atoms with van der Waals surface area (Å²) in [6, 6.07) is 14.1. The highest BCUT2D eigenvalue weighted by molar-refractivity contribution is 6.30. The number of aromatic nitrogens is 2. The fraction of sp³-hybridized carbons (Fsp3) is 0.167. The maximum absolute atomic E-state index is 13.2. The molecule has 0 amide bonds. The Bertz CT molecular complexity index is 825. The zero-order chi connectivity index (χ0) is 16.4. The average Bonchev–Trinajstić information content (AvgIpc) is 2.92. The predicted octanol–water partition coefficient (Wildman–Crippen LogP) is 4.14. The molecule has 0 fully saturated rings. The quantitative estimate of drug-likeness (QED) is 0.781. The number of nitrogens with zero attached hydrogens (tertiary/aromatic N) is 2. The summed E-state index contributed by atoms with van der Waals surface area (Å²) in [6.45, 7) is 2.51. The molecule has 3 rings (SSSR count). The Morgan fingerprint density at radius 3 is 2.52 bits per heavy atom. The van der Waals surface area contributed by atoms with Gasteiger partial charge in [0.2, 0.25) is 0 Å². The van der Waals surface area contributed by atoms with E-state index < -0.39 is 0 Å². The van der Waals surface area contributed by atoms with Crippen molar-refractivity contribution in [1.29, 1.82) is 0 Å². The molecule has 0 aliphatic rings. The molecule has 0 unspecified atom stereocenters. The van der Waals surface area contributed by atoms with Crippen molar-refractivity contribution in [3.8, 4) is 16.9 Å². The topological polar surface area (TPSA) is 43.8 Å². The van der Waals surface area contributed by atoms with Gasteiger partial charge in [-0.25, -0.2) is 9.07 Å². The molecule has 2 aromatic carbocycles. The van der Waals surface area contributed by atoms with Gasteiger partial charge in [-0.3, -0.25) is 0 Å².